The Bertz CT molecular complexity index is 1110. The van der Waals surface area contributed by atoms with Crippen molar-refractivity contribution in [1.29, 1.82) is 0 Å². The molecule has 0 atom stereocenters. The third-order valence-corrected chi connectivity index (χ3v) is 4.94. The standard InChI is InChI=1S/C20H15N3O4S/c24-16(13-6-7-17-15(8-13)21-19(26)10-27-17)11-28-20-22-14(9-18(25)23-20)12-4-2-1-3-5-12/h1-9H,10-11H2,(H,21,26)(H,22,23,25). The highest BCUT2D eigenvalue weighted by Gasteiger charge is 2.18. The zero-order chi connectivity index (χ0) is 19.5. The normalized spacial score (nSPS) is 12.6. The Hall–Kier alpha value is -3.39. The van der Waals surface area contributed by atoms with E-state index >= 15 is 0 Å². The molecule has 2 heterocycles. The van der Waals surface area contributed by atoms with Crippen molar-refractivity contribution in [3.8, 4) is 17.0 Å². The predicted octanol–water partition coefficient (Wildman–Crippen LogP) is 2.74. The van der Waals surface area contributed by atoms with Crippen LogP contribution in [0, 0.1) is 0 Å². The highest BCUT2D eigenvalue weighted by molar-refractivity contribution is 7.99. The lowest BCUT2D eigenvalue weighted by Gasteiger charge is -2.18. The summed E-state index contributed by atoms with van der Waals surface area (Å²) in [6.45, 7) is -0.0348. The minimum absolute atomic E-state index is 0.0348. The monoisotopic (exact) mass is 393 g/mol. The van der Waals surface area contributed by atoms with Crippen molar-refractivity contribution in [2.24, 2.45) is 0 Å². The van der Waals surface area contributed by atoms with E-state index < -0.39 is 0 Å². The Kier molecular flexibility index (Phi) is 4.94. The molecule has 28 heavy (non-hydrogen) atoms. The lowest BCUT2D eigenvalue weighted by Crippen LogP contribution is -2.25. The Morgan fingerprint density at radius 3 is 2.75 bits per heavy atom. The summed E-state index contributed by atoms with van der Waals surface area (Å²) in [5, 5.41) is 3.05. The summed E-state index contributed by atoms with van der Waals surface area (Å²) in [6.07, 6.45) is 0. The molecule has 0 saturated heterocycles. The SMILES string of the molecule is O=C1COc2ccc(C(=O)CSc3nc(-c4ccccc4)cc(=O)[nH]3)cc2N1. The number of H-pyrrole nitrogens is 1. The molecule has 0 spiro atoms. The first-order valence-electron chi connectivity index (χ1n) is 8.48. The summed E-state index contributed by atoms with van der Waals surface area (Å²) in [7, 11) is 0. The number of benzene rings is 2. The number of Topliss-reactive ketones (excluding diaryl/α,β-unsaturated/α-hetero) is 1. The molecule has 140 valence electrons. The Balaban J connectivity index is 1.50. The van der Waals surface area contributed by atoms with Crippen LogP contribution in [0.4, 0.5) is 5.69 Å². The fourth-order valence-electron chi connectivity index (χ4n) is 2.73. The number of aromatic nitrogens is 2. The maximum Gasteiger partial charge on any atom is 0.262 e. The average Bonchev–Trinajstić information content (AvgIpc) is 2.71. The lowest BCUT2D eigenvalue weighted by atomic mass is 10.1. The topological polar surface area (TPSA) is 101 Å². The molecular weight excluding hydrogens is 378 g/mol. The first kappa shape index (κ1) is 18.0. The number of nitrogens with one attached hydrogen (secondary N) is 2. The van der Waals surface area contributed by atoms with Crippen LogP contribution in [0.1, 0.15) is 10.4 Å². The van der Waals surface area contributed by atoms with E-state index in [1.807, 2.05) is 30.3 Å². The van der Waals surface area contributed by atoms with Gasteiger partial charge in [-0.1, -0.05) is 42.1 Å². The van der Waals surface area contributed by atoms with E-state index in [0.29, 0.717) is 27.9 Å². The van der Waals surface area contributed by atoms with Gasteiger partial charge in [0.25, 0.3) is 11.5 Å². The van der Waals surface area contributed by atoms with E-state index in [-0.39, 0.29) is 29.6 Å². The number of rotatable bonds is 5. The number of hydrogen-bond acceptors (Lipinski definition) is 6. The Labute approximate surface area is 164 Å². The molecule has 0 aliphatic carbocycles. The van der Waals surface area contributed by atoms with Crippen molar-refractivity contribution in [1.82, 2.24) is 9.97 Å². The van der Waals surface area contributed by atoms with Crippen LogP contribution in [0.15, 0.2) is 64.5 Å². The minimum Gasteiger partial charge on any atom is -0.482 e. The third kappa shape index (κ3) is 3.96. The summed E-state index contributed by atoms with van der Waals surface area (Å²) < 4.78 is 5.29. The van der Waals surface area contributed by atoms with E-state index in [0.717, 1.165) is 17.3 Å². The number of ketones is 1. The fraction of sp³-hybridized carbons (Fsp3) is 0.100. The lowest BCUT2D eigenvalue weighted by molar-refractivity contribution is -0.118. The zero-order valence-electron chi connectivity index (χ0n) is 14.6. The van der Waals surface area contributed by atoms with Gasteiger partial charge in [-0.05, 0) is 18.2 Å². The maximum absolute atomic E-state index is 12.5. The van der Waals surface area contributed by atoms with Gasteiger partial charge in [0.15, 0.2) is 17.5 Å². The fourth-order valence-corrected chi connectivity index (χ4v) is 3.50. The van der Waals surface area contributed by atoms with Gasteiger partial charge in [0.1, 0.15) is 5.75 Å². The van der Waals surface area contributed by atoms with Crippen LogP contribution in [0.25, 0.3) is 11.3 Å². The van der Waals surface area contributed by atoms with Crippen molar-refractivity contribution in [3.05, 3.63) is 70.5 Å². The van der Waals surface area contributed by atoms with Gasteiger partial charge < -0.3 is 15.0 Å². The molecule has 1 aliphatic rings. The average molecular weight is 393 g/mol. The molecule has 0 radical (unpaired) electrons. The molecule has 4 rings (SSSR count). The second kappa shape index (κ2) is 7.69. The summed E-state index contributed by atoms with van der Waals surface area (Å²) in [6, 6.07) is 15.7. The molecule has 2 aromatic carbocycles. The highest BCUT2D eigenvalue weighted by atomic mass is 32.2. The maximum atomic E-state index is 12.5. The number of nitrogens with zero attached hydrogens (tertiary/aromatic N) is 1. The van der Waals surface area contributed by atoms with Gasteiger partial charge in [0.2, 0.25) is 0 Å². The molecule has 0 saturated carbocycles. The van der Waals surface area contributed by atoms with Gasteiger partial charge >= 0.3 is 0 Å². The third-order valence-electron chi connectivity index (χ3n) is 4.06. The summed E-state index contributed by atoms with van der Waals surface area (Å²) in [4.78, 5) is 43.0. The number of thioether (sulfide) groups is 1. The van der Waals surface area contributed by atoms with Gasteiger partial charge in [-0.15, -0.1) is 0 Å². The first-order chi connectivity index (χ1) is 13.6. The second-order valence-electron chi connectivity index (χ2n) is 6.06. The van der Waals surface area contributed by atoms with Crippen LogP contribution < -0.4 is 15.6 Å². The quantitative estimate of drug-likeness (QED) is 0.393. The van der Waals surface area contributed by atoms with Crippen LogP contribution in [0.5, 0.6) is 5.75 Å². The Morgan fingerprint density at radius 1 is 1.11 bits per heavy atom. The van der Waals surface area contributed by atoms with E-state index in [1.165, 1.54) is 6.07 Å². The number of aromatic amines is 1. The molecule has 1 aliphatic heterocycles. The van der Waals surface area contributed by atoms with E-state index in [2.05, 4.69) is 15.3 Å². The van der Waals surface area contributed by atoms with Gasteiger partial charge in [-0.25, -0.2) is 4.98 Å². The molecule has 0 fully saturated rings. The molecular formula is C20H15N3O4S. The number of carbonyl (C=O) groups excluding carboxylic acids is 2. The van der Waals surface area contributed by atoms with Crippen LogP contribution >= 0.6 is 11.8 Å². The van der Waals surface area contributed by atoms with Crippen molar-refractivity contribution >= 4 is 29.1 Å². The molecule has 8 heteroatoms. The predicted molar refractivity (Wildman–Crippen MR) is 106 cm³/mol. The molecule has 0 bridgehead atoms. The van der Waals surface area contributed by atoms with Crippen molar-refractivity contribution in [3.63, 3.8) is 0 Å². The highest BCUT2D eigenvalue weighted by Crippen LogP contribution is 2.29. The number of amides is 1. The van der Waals surface area contributed by atoms with E-state index in [9.17, 15) is 14.4 Å². The minimum atomic E-state index is -0.280. The Morgan fingerprint density at radius 2 is 1.93 bits per heavy atom. The van der Waals surface area contributed by atoms with Crippen LogP contribution in [0.2, 0.25) is 0 Å². The van der Waals surface area contributed by atoms with Gasteiger partial charge in [-0.3, -0.25) is 14.4 Å². The summed E-state index contributed by atoms with van der Waals surface area (Å²) in [5.74, 6) is 0.214. The van der Waals surface area contributed by atoms with Crippen molar-refractivity contribution in [2.45, 2.75) is 5.16 Å². The molecule has 0 unspecified atom stereocenters. The number of hydrogen-bond donors (Lipinski definition) is 2. The molecule has 2 N–H and O–H groups in total. The molecule has 1 aromatic heterocycles. The van der Waals surface area contributed by atoms with Crippen molar-refractivity contribution < 1.29 is 14.3 Å². The van der Waals surface area contributed by atoms with Gasteiger partial charge in [-0.2, -0.15) is 0 Å². The van der Waals surface area contributed by atoms with Crippen molar-refractivity contribution in [2.75, 3.05) is 17.7 Å². The van der Waals surface area contributed by atoms with Crippen LogP contribution in [0.3, 0.4) is 0 Å². The largest absolute Gasteiger partial charge is 0.482 e. The molecule has 7 nitrogen and oxygen atoms in total. The number of ether oxygens (including phenoxy) is 1. The zero-order valence-corrected chi connectivity index (χ0v) is 15.4. The van der Waals surface area contributed by atoms with Gasteiger partial charge in [0, 0.05) is 17.2 Å². The van der Waals surface area contributed by atoms with E-state index in [1.54, 1.807) is 18.2 Å². The second-order valence-corrected chi connectivity index (χ2v) is 7.03. The summed E-state index contributed by atoms with van der Waals surface area (Å²) in [5.41, 5.74) is 2.01. The molecule has 1 amide bonds. The van der Waals surface area contributed by atoms with Crippen LogP contribution in [-0.4, -0.2) is 34.0 Å². The van der Waals surface area contributed by atoms with E-state index in [4.69, 9.17) is 4.74 Å². The molecule has 3 aromatic rings. The number of fused-ring (bicyclic) bond motifs is 1. The number of anilines is 1. The number of carbonyl (C=O) groups is 2. The van der Waals surface area contributed by atoms with Crippen LogP contribution in [-0.2, 0) is 4.79 Å². The van der Waals surface area contributed by atoms with Gasteiger partial charge in [0.05, 0.1) is 17.1 Å². The smallest absolute Gasteiger partial charge is 0.262 e. The summed E-state index contributed by atoms with van der Waals surface area (Å²) >= 11 is 1.15. The first-order valence-corrected chi connectivity index (χ1v) is 9.46.